The minimum absolute atomic E-state index is 0.308. The summed E-state index contributed by atoms with van der Waals surface area (Å²) in [6.45, 7) is 7.58. The Morgan fingerprint density at radius 1 is 1.44 bits per heavy atom. The van der Waals surface area contributed by atoms with Crippen LogP contribution in [0.15, 0.2) is 18.2 Å². The standard InChI is InChI=1S/C15H22ClNO/c1-4-17-14-9-12(7-10(2)3)18-15-6-5-11(16)8-13(14)15/h5-6,8,10,12,14,17H,4,7,9H2,1-3H3. The summed E-state index contributed by atoms with van der Waals surface area (Å²) in [6.07, 6.45) is 2.44. The Morgan fingerprint density at radius 3 is 2.89 bits per heavy atom. The molecule has 2 atom stereocenters. The average Bonchev–Trinajstić information content (AvgIpc) is 2.29. The lowest BCUT2D eigenvalue weighted by Crippen LogP contribution is -2.33. The van der Waals surface area contributed by atoms with Gasteiger partial charge < -0.3 is 10.1 Å². The van der Waals surface area contributed by atoms with E-state index in [1.807, 2.05) is 18.2 Å². The second kappa shape index (κ2) is 5.94. The molecule has 0 radical (unpaired) electrons. The number of ether oxygens (including phenoxy) is 1. The maximum Gasteiger partial charge on any atom is 0.124 e. The molecule has 0 saturated heterocycles. The number of fused-ring (bicyclic) bond motifs is 1. The Balaban J connectivity index is 2.22. The van der Waals surface area contributed by atoms with Gasteiger partial charge in [0.05, 0.1) is 0 Å². The Bertz CT molecular complexity index is 405. The van der Waals surface area contributed by atoms with Crippen molar-refractivity contribution in [2.24, 2.45) is 5.92 Å². The molecule has 2 nitrogen and oxygen atoms in total. The second-order valence-electron chi connectivity index (χ2n) is 5.40. The van der Waals surface area contributed by atoms with E-state index in [4.69, 9.17) is 16.3 Å². The Kier molecular flexibility index (Phi) is 4.52. The van der Waals surface area contributed by atoms with Crippen LogP contribution in [0.1, 0.15) is 45.2 Å². The van der Waals surface area contributed by atoms with Crippen LogP contribution in [0.5, 0.6) is 5.75 Å². The largest absolute Gasteiger partial charge is 0.490 e. The monoisotopic (exact) mass is 267 g/mol. The maximum atomic E-state index is 6.08. The van der Waals surface area contributed by atoms with E-state index in [0.717, 1.165) is 30.2 Å². The van der Waals surface area contributed by atoms with Crippen LogP contribution in [0.4, 0.5) is 0 Å². The van der Waals surface area contributed by atoms with Gasteiger partial charge in [0.25, 0.3) is 0 Å². The van der Waals surface area contributed by atoms with Gasteiger partial charge in [0.2, 0.25) is 0 Å². The molecule has 1 aromatic carbocycles. The van der Waals surface area contributed by atoms with Crippen LogP contribution < -0.4 is 10.1 Å². The van der Waals surface area contributed by atoms with Gasteiger partial charge in [-0.15, -0.1) is 0 Å². The minimum Gasteiger partial charge on any atom is -0.490 e. The predicted molar refractivity (Wildman–Crippen MR) is 76.4 cm³/mol. The molecule has 2 rings (SSSR count). The quantitative estimate of drug-likeness (QED) is 0.883. The molecule has 18 heavy (non-hydrogen) atoms. The second-order valence-corrected chi connectivity index (χ2v) is 5.83. The van der Waals surface area contributed by atoms with Crippen molar-refractivity contribution in [1.82, 2.24) is 5.32 Å². The molecular formula is C15H22ClNO. The first-order valence-electron chi connectivity index (χ1n) is 6.79. The summed E-state index contributed by atoms with van der Waals surface area (Å²) in [5, 5.41) is 4.31. The highest BCUT2D eigenvalue weighted by atomic mass is 35.5. The van der Waals surface area contributed by atoms with Crippen LogP contribution in [-0.4, -0.2) is 12.6 Å². The van der Waals surface area contributed by atoms with Crippen LogP contribution in [-0.2, 0) is 0 Å². The van der Waals surface area contributed by atoms with E-state index in [1.54, 1.807) is 0 Å². The third-order valence-corrected chi connectivity index (χ3v) is 3.56. The molecule has 1 heterocycles. The molecule has 0 saturated carbocycles. The first kappa shape index (κ1) is 13.7. The summed E-state index contributed by atoms with van der Waals surface area (Å²) in [5.41, 5.74) is 1.20. The summed E-state index contributed by atoms with van der Waals surface area (Å²) in [7, 11) is 0. The predicted octanol–water partition coefficient (Wildman–Crippen LogP) is 4.19. The van der Waals surface area contributed by atoms with Gasteiger partial charge in [0, 0.05) is 23.0 Å². The van der Waals surface area contributed by atoms with Gasteiger partial charge >= 0.3 is 0 Å². The SMILES string of the molecule is CCNC1CC(CC(C)C)Oc2ccc(Cl)cc21. The van der Waals surface area contributed by atoms with E-state index in [1.165, 1.54) is 5.56 Å². The molecule has 1 aliphatic rings. The molecule has 1 aliphatic heterocycles. The Hall–Kier alpha value is -0.730. The number of hydrogen-bond acceptors (Lipinski definition) is 2. The Morgan fingerprint density at radius 2 is 2.22 bits per heavy atom. The third-order valence-electron chi connectivity index (χ3n) is 3.32. The van der Waals surface area contributed by atoms with E-state index < -0.39 is 0 Å². The molecule has 0 amide bonds. The van der Waals surface area contributed by atoms with Crippen molar-refractivity contribution in [2.75, 3.05) is 6.54 Å². The number of halogens is 1. The molecule has 100 valence electrons. The normalized spacial score (nSPS) is 22.7. The van der Waals surface area contributed by atoms with Gasteiger partial charge in [-0.25, -0.2) is 0 Å². The molecular weight excluding hydrogens is 246 g/mol. The third kappa shape index (κ3) is 3.18. The summed E-state index contributed by atoms with van der Waals surface area (Å²) in [4.78, 5) is 0. The van der Waals surface area contributed by atoms with Crippen LogP contribution in [0.3, 0.4) is 0 Å². The van der Waals surface area contributed by atoms with Crippen molar-refractivity contribution >= 4 is 11.6 Å². The molecule has 0 spiro atoms. The average molecular weight is 268 g/mol. The van der Waals surface area contributed by atoms with Gasteiger partial charge in [-0.2, -0.15) is 0 Å². The van der Waals surface area contributed by atoms with Crippen molar-refractivity contribution in [1.29, 1.82) is 0 Å². The number of hydrogen-bond donors (Lipinski definition) is 1. The lowest BCUT2D eigenvalue weighted by molar-refractivity contribution is 0.128. The van der Waals surface area contributed by atoms with Crippen molar-refractivity contribution in [2.45, 2.75) is 45.8 Å². The molecule has 2 unspecified atom stereocenters. The number of rotatable bonds is 4. The van der Waals surface area contributed by atoms with E-state index in [2.05, 4.69) is 26.1 Å². The molecule has 0 fully saturated rings. The first-order valence-corrected chi connectivity index (χ1v) is 7.17. The highest BCUT2D eigenvalue weighted by molar-refractivity contribution is 6.30. The zero-order valence-electron chi connectivity index (χ0n) is 11.4. The van der Waals surface area contributed by atoms with Crippen molar-refractivity contribution in [3.63, 3.8) is 0 Å². The summed E-state index contributed by atoms with van der Waals surface area (Å²) < 4.78 is 6.08. The topological polar surface area (TPSA) is 21.3 Å². The Labute approximate surface area is 115 Å². The molecule has 0 aromatic heterocycles. The fourth-order valence-corrected chi connectivity index (χ4v) is 2.81. The lowest BCUT2D eigenvalue weighted by Gasteiger charge is -2.33. The van der Waals surface area contributed by atoms with Gasteiger partial charge in [-0.1, -0.05) is 32.4 Å². The van der Waals surface area contributed by atoms with Crippen molar-refractivity contribution in [3.05, 3.63) is 28.8 Å². The molecule has 1 aromatic rings. The molecule has 1 N–H and O–H groups in total. The van der Waals surface area contributed by atoms with Gasteiger partial charge in [0.15, 0.2) is 0 Å². The van der Waals surface area contributed by atoms with Crippen molar-refractivity contribution < 1.29 is 4.74 Å². The first-order chi connectivity index (χ1) is 8.60. The van der Waals surface area contributed by atoms with Gasteiger partial charge in [-0.3, -0.25) is 0 Å². The van der Waals surface area contributed by atoms with E-state index in [0.29, 0.717) is 18.1 Å². The fourth-order valence-electron chi connectivity index (χ4n) is 2.63. The van der Waals surface area contributed by atoms with E-state index >= 15 is 0 Å². The molecule has 3 heteroatoms. The smallest absolute Gasteiger partial charge is 0.124 e. The van der Waals surface area contributed by atoms with Crippen molar-refractivity contribution in [3.8, 4) is 5.75 Å². The van der Waals surface area contributed by atoms with Gasteiger partial charge in [0.1, 0.15) is 11.9 Å². The molecule has 0 bridgehead atoms. The van der Waals surface area contributed by atoms with Crippen LogP contribution >= 0.6 is 11.6 Å². The summed E-state index contributed by atoms with van der Waals surface area (Å²) in [6, 6.07) is 6.28. The highest BCUT2D eigenvalue weighted by Crippen LogP contribution is 2.37. The summed E-state index contributed by atoms with van der Waals surface area (Å²) in [5.74, 6) is 1.65. The van der Waals surface area contributed by atoms with Gasteiger partial charge in [-0.05, 0) is 37.1 Å². The zero-order valence-corrected chi connectivity index (χ0v) is 12.1. The number of nitrogens with one attached hydrogen (secondary N) is 1. The minimum atomic E-state index is 0.308. The number of benzene rings is 1. The zero-order chi connectivity index (χ0) is 13.1. The van der Waals surface area contributed by atoms with E-state index in [-0.39, 0.29) is 0 Å². The van der Waals surface area contributed by atoms with E-state index in [9.17, 15) is 0 Å². The maximum absolute atomic E-state index is 6.08. The highest BCUT2D eigenvalue weighted by Gasteiger charge is 2.28. The summed E-state index contributed by atoms with van der Waals surface area (Å²) >= 11 is 6.08. The molecule has 0 aliphatic carbocycles. The fraction of sp³-hybridized carbons (Fsp3) is 0.600. The van der Waals surface area contributed by atoms with Crippen LogP contribution in [0.2, 0.25) is 5.02 Å². The van der Waals surface area contributed by atoms with Crippen LogP contribution in [0, 0.1) is 5.92 Å². The van der Waals surface area contributed by atoms with Crippen LogP contribution in [0.25, 0.3) is 0 Å². The lowest BCUT2D eigenvalue weighted by atomic mass is 9.92.